The molecule has 0 saturated carbocycles. The first kappa shape index (κ1) is 67.3. The van der Waals surface area contributed by atoms with Crippen LogP contribution in [0.25, 0.3) is 0 Å². The summed E-state index contributed by atoms with van der Waals surface area (Å²) in [5, 5.41) is 0. The summed E-state index contributed by atoms with van der Waals surface area (Å²) in [5.74, 6) is -0.984. The van der Waals surface area contributed by atoms with Gasteiger partial charge in [-0.2, -0.15) is 0 Å². The second-order valence-corrected chi connectivity index (χ2v) is 19.6. The molecule has 0 amide bonds. The molecule has 0 N–H and O–H groups in total. The van der Waals surface area contributed by atoms with Crippen LogP contribution in [-0.4, -0.2) is 37.2 Å². The van der Waals surface area contributed by atoms with E-state index in [2.05, 4.69) is 112 Å². The Hall–Kier alpha value is -3.67. The fourth-order valence-corrected chi connectivity index (χ4v) is 8.17. The number of hydrogen-bond donors (Lipinski definition) is 0. The van der Waals surface area contributed by atoms with E-state index in [0.717, 1.165) is 77.0 Å². The Morgan fingerprint density at radius 3 is 1.03 bits per heavy atom. The molecule has 0 aliphatic rings. The van der Waals surface area contributed by atoms with Crippen molar-refractivity contribution in [3.8, 4) is 0 Å². The molecule has 0 spiro atoms. The van der Waals surface area contributed by atoms with Crippen LogP contribution in [0.3, 0.4) is 0 Å². The van der Waals surface area contributed by atoms with Gasteiger partial charge in [-0.25, -0.2) is 0 Å². The van der Waals surface area contributed by atoms with Gasteiger partial charge in [-0.1, -0.05) is 272 Å². The highest BCUT2D eigenvalue weighted by Crippen LogP contribution is 2.16. The van der Waals surface area contributed by atoms with Crippen LogP contribution >= 0.6 is 0 Å². The Kier molecular flexibility index (Phi) is 55.9. The molecule has 0 saturated heterocycles. The predicted molar refractivity (Wildman–Crippen MR) is 307 cm³/mol. The Morgan fingerprint density at radius 1 is 0.310 bits per heavy atom. The topological polar surface area (TPSA) is 78.9 Å². The first-order valence-corrected chi connectivity index (χ1v) is 29.8. The molecule has 0 aromatic heterocycles. The van der Waals surface area contributed by atoms with Crippen molar-refractivity contribution in [2.75, 3.05) is 13.2 Å². The van der Waals surface area contributed by atoms with Crippen LogP contribution < -0.4 is 0 Å². The molecule has 0 radical (unpaired) electrons. The van der Waals surface area contributed by atoms with Gasteiger partial charge in [-0.05, 0) is 83.5 Å². The Labute approximate surface area is 438 Å². The van der Waals surface area contributed by atoms with E-state index >= 15 is 0 Å². The van der Waals surface area contributed by atoms with Crippen molar-refractivity contribution >= 4 is 17.9 Å². The third-order valence-corrected chi connectivity index (χ3v) is 12.6. The van der Waals surface area contributed by atoms with Crippen LogP contribution in [-0.2, 0) is 28.6 Å². The summed E-state index contributed by atoms with van der Waals surface area (Å²) < 4.78 is 16.8. The lowest BCUT2D eigenvalue weighted by atomic mass is 10.0. The SMILES string of the molecule is CC/C=C\C/C=C\C/C=C\C/C=C\C/C=C\C/C=C\CCC(=O)OCC(COC(=O)CCCCCCCCCCCCCCCCC)OC(=O)CCCCCCCCCCCC/C=C\C=C/CCCCC. The second-order valence-electron chi connectivity index (χ2n) is 19.6. The summed E-state index contributed by atoms with van der Waals surface area (Å²) in [7, 11) is 0. The van der Waals surface area contributed by atoms with Crippen LogP contribution in [0, 0.1) is 0 Å². The first-order chi connectivity index (χ1) is 35.0. The molecule has 0 fully saturated rings. The summed E-state index contributed by atoms with van der Waals surface area (Å²) in [6.45, 7) is 6.45. The highest BCUT2D eigenvalue weighted by atomic mass is 16.6. The third-order valence-electron chi connectivity index (χ3n) is 12.6. The van der Waals surface area contributed by atoms with E-state index in [1.807, 2.05) is 6.08 Å². The molecule has 0 aromatic carbocycles. The number of allylic oxidation sites excluding steroid dienone is 16. The molecule has 406 valence electrons. The third kappa shape index (κ3) is 57.1. The minimum Gasteiger partial charge on any atom is -0.462 e. The van der Waals surface area contributed by atoms with Crippen molar-refractivity contribution in [2.45, 2.75) is 284 Å². The number of rotatable bonds is 53. The molecule has 71 heavy (non-hydrogen) atoms. The maximum atomic E-state index is 12.9. The summed E-state index contributed by atoms with van der Waals surface area (Å²) in [6, 6.07) is 0. The smallest absolute Gasteiger partial charge is 0.306 e. The van der Waals surface area contributed by atoms with Gasteiger partial charge in [-0.15, -0.1) is 0 Å². The van der Waals surface area contributed by atoms with Crippen molar-refractivity contribution in [1.29, 1.82) is 0 Å². The molecule has 1 atom stereocenters. The lowest BCUT2D eigenvalue weighted by Crippen LogP contribution is -2.30. The molecule has 1 unspecified atom stereocenters. The van der Waals surface area contributed by atoms with Crippen molar-refractivity contribution in [1.82, 2.24) is 0 Å². The van der Waals surface area contributed by atoms with Gasteiger partial charge in [0.05, 0.1) is 0 Å². The van der Waals surface area contributed by atoms with Crippen molar-refractivity contribution in [3.05, 3.63) is 97.2 Å². The summed E-state index contributed by atoms with van der Waals surface area (Å²) in [4.78, 5) is 38.2. The minimum absolute atomic E-state index is 0.100. The van der Waals surface area contributed by atoms with Crippen LogP contribution in [0.1, 0.15) is 278 Å². The number of carbonyl (C=O) groups excluding carboxylic acids is 3. The molecular formula is C65H110O6. The van der Waals surface area contributed by atoms with Gasteiger partial charge in [0.25, 0.3) is 0 Å². The van der Waals surface area contributed by atoms with Crippen molar-refractivity contribution in [2.24, 2.45) is 0 Å². The molecule has 0 heterocycles. The zero-order chi connectivity index (χ0) is 51.4. The Balaban J connectivity index is 4.48. The van der Waals surface area contributed by atoms with E-state index < -0.39 is 6.10 Å². The van der Waals surface area contributed by atoms with Crippen LogP contribution in [0.5, 0.6) is 0 Å². The molecule has 6 heteroatoms. The Bertz CT molecular complexity index is 1410. The molecule has 0 bridgehead atoms. The lowest BCUT2D eigenvalue weighted by Gasteiger charge is -2.18. The van der Waals surface area contributed by atoms with Crippen molar-refractivity contribution in [3.63, 3.8) is 0 Å². The standard InChI is InChI=1S/C65H110O6/c1-4-7-10-13-16-19-22-25-28-30-32-34-37-40-43-46-49-52-55-58-64(67)70-61-62(60-69-63(66)57-54-51-48-45-42-39-36-27-24-21-18-15-12-9-6-3)71-65(68)59-56-53-50-47-44-41-38-35-33-31-29-26-23-20-17-14-11-8-5-2/h7,10,16-17,19-20,23,25-26,28,32,34,40,43,49,52,62H,4-6,8-9,11-15,18,21-22,24,27,29-31,33,35-39,41-42,44-48,50-51,53-61H2,1-3H3/b10-7-,19-16-,20-17-,26-23-,28-25-,34-32-,43-40-,52-49-. The van der Waals surface area contributed by atoms with Crippen LogP contribution in [0.4, 0.5) is 0 Å². The van der Waals surface area contributed by atoms with Gasteiger partial charge in [0.15, 0.2) is 6.10 Å². The number of hydrogen-bond acceptors (Lipinski definition) is 6. The number of ether oxygens (including phenoxy) is 3. The minimum atomic E-state index is -0.810. The second kappa shape index (κ2) is 58.9. The van der Waals surface area contributed by atoms with E-state index in [-0.39, 0.29) is 37.5 Å². The van der Waals surface area contributed by atoms with Gasteiger partial charge in [-0.3, -0.25) is 14.4 Å². The molecule has 0 aromatic rings. The average Bonchev–Trinajstić information content (AvgIpc) is 3.37. The van der Waals surface area contributed by atoms with Crippen LogP contribution in [0.2, 0.25) is 0 Å². The number of carbonyl (C=O) groups is 3. The van der Waals surface area contributed by atoms with E-state index in [9.17, 15) is 14.4 Å². The normalized spacial score (nSPS) is 12.8. The predicted octanol–water partition coefficient (Wildman–Crippen LogP) is 20.1. The quantitative estimate of drug-likeness (QED) is 0.0199. The van der Waals surface area contributed by atoms with Gasteiger partial charge in [0.2, 0.25) is 0 Å². The van der Waals surface area contributed by atoms with Gasteiger partial charge < -0.3 is 14.2 Å². The maximum Gasteiger partial charge on any atom is 0.306 e. The van der Waals surface area contributed by atoms with Gasteiger partial charge >= 0.3 is 17.9 Å². The summed E-state index contributed by atoms with van der Waals surface area (Å²) in [6.07, 6.45) is 78.4. The fourth-order valence-electron chi connectivity index (χ4n) is 8.17. The van der Waals surface area contributed by atoms with Crippen LogP contribution in [0.15, 0.2) is 97.2 Å². The van der Waals surface area contributed by atoms with E-state index in [1.54, 1.807) is 0 Å². The largest absolute Gasteiger partial charge is 0.462 e. The number of unbranched alkanes of at least 4 members (excludes halogenated alkanes) is 27. The first-order valence-electron chi connectivity index (χ1n) is 29.8. The molecule has 0 rings (SSSR count). The maximum absolute atomic E-state index is 12.9. The summed E-state index contributed by atoms with van der Waals surface area (Å²) >= 11 is 0. The van der Waals surface area contributed by atoms with Gasteiger partial charge in [0, 0.05) is 19.3 Å². The highest BCUT2D eigenvalue weighted by Gasteiger charge is 2.19. The monoisotopic (exact) mass is 987 g/mol. The molecule has 6 nitrogen and oxygen atoms in total. The van der Waals surface area contributed by atoms with E-state index in [1.165, 1.54) is 154 Å². The lowest BCUT2D eigenvalue weighted by molar-refractivity contribution is -0.166. The van der Waals surface area contributed by atoms with E-state index in [0.29, 0.717) is 19.3 Å². The summed E-state index contributed by atoms with van der Waals surface area (Å²) in [5.41, 5.74) is 0. The fraction of sp³-hybridized carbons (Fsp3) is 0.708. The van der Waals surface area contributed by atoms with Gasteiger partial charge in [0.1, 0.15) is 13.2 Å². The zero-order valence-corrected chi connectivity index (χ0v) is 46.5. The Morgan fingerprint density at radius 2 is 0.620 bits per heavy atom. The highest BCUT2D eigenvalue weighted by molar-refractivity contribution is 5.71. The number of esters is 3. The zero-order valence-electron chi connectivity index (χ0n) is 46.5. The average molecular weight is 988 g/mol. The van der Waals surface area contributed by atoms with Crippen molar-refractivity contribution < 1.29 is 28.6 Å². The van der Waals surface area contributed by atoms with E-state index in [4.69, 9.17) is 14.2 Å². The molecule has 0 aliphatic carbocycles. The molecule has 0 aliphatic heterocycles. The molecular weight excluding hydrogens is 877 g/mol.